The molecule has 0 N–H and O–H groups in total. The molecule has 0 aliphatic carbocycles. The first-order valence-electron chi connectivity index (χ1n) is 5.49. The van der Waals surface area contributed by atoms with Crippen molar-refractivity contribution >= 4 is 34.4 Å². The van der Waals surface area contributed by atoms with Gasteiger partial charge in [0.05, 0.1) is 9.46 Å². The van der Waals surface area contributed by atoms with Crippen molar-refractivity contribution in [3.63, 3.8) is 0 Å². The predicted molar refractivity (Wildman–Crippen MR) is 67.9 cm³/mol. The van der Waals surface area contributed by atoms with Crippen LogP contribution in [0.5, 0.6) is 0 Å². The molecule has 0 saturated carbocycles. The zero-order valence-corrected chi connectivity index (χ0v) is 11.7. The van der Waals surface area contributed by atoms with Gasteiger partial charge in [-0.2, -0.15) is 0 Å². The van der Waals surface area contributed by atoms with E-state index >= 15 is 0 Å². The van der Waals surface area contributed by atoms with Gasteiger partial charge in [0, 0.05) is 6.42 Å². The van der Waals surface area contributed by atoms with E-state index in [1.54, 1.807) is 0 Å². The van der Waals surface area contributed by atoms with Crippen LogP contribution in [-0.4, -0.2) is 26.2 Å². The molecule has 1 fully saturated rings. The van der Waals surface area contributed by atoms with Crippen LogP contribution in [-0.2, 0) is 9.59 Å². The molecule has 0 bridgehead atoms. The molecule has 1 unspecified atom stereocenters. The van der Waals surface area contributed by atoms with Gasteiger partial charge >= 0.3 is 0 Å². The lowest BCUT2D eigenvalue weighted by Crippen LogP contribution is -2.50. The summed E-state index contributed by atoms with van der Waals surface area (Å²) in [5, 5.41) is 0. The Morgan fingerprint density at radius 1 is 1.53 bits per heavy atom. The summed E-state index contributed by atoms with van der Waals surface area (Å²) in [6, 6.07) is 0. The monoisotopic (exact) mass is 323 g/mol. The highest BCUT2D eigenvalue weighted by Crippen LogP contribution is 2.37. The topological polar surface area (TPSA) is 37.4 Å². The minimum Gasteiger partial charge on any atom is -0.276 e. The number of rotatable bonds is 3. The third kappa shape index (κ3) is 2.19. The predicted octanol–water partition coefficient (Wildman–Crippen LogP) is 2.52. The number of hydrogen-bond donors (Lipinski definition) is 0. The van der Waals surface area contributed by atoms with Crippen molar-refractivity contribution < 1.29 is 9.59 Å². The number of nitrogens with zero attached hydrogens (tertiary/aromatic N) is 1. The van der Waals surface area contributed by atoms with E-state index in [0.717, 1.165) is 19.3 Å². The van der Waals surface area contributed by atoms with Gasteiger partial charge in [0.25, 0.3) is 0 Å². The van der Waals surface area contributed by atoms with E-state index in [4.69, 9.17) is 0 Å². The fraction of sp³-hybridized carbons (Fsp3) is 0.818. The van der Waals surface area contributed by atoms with E-state index < -0.39 is 0 Å². The van der Waals surface area contributed by atoms with Crippen LogP contribution in [0.2, 0.25) is 0 Å². The second-order valence-corrected chi connectivity index (χ2v) is 5.98. The highest BCUT2D eigenvalue weighted by Gasteiger charge is 2.46. The number of halogens is 1. The van der Waals surface area contributed by atoms with Crippen molar-refractivity contribution in [2.75, 3.05) is 0 Å². The Bertz CT molecular complexity index is 272. The molecule has 0 aromatic rings. The second kappa shape index (κ2) is 4.80. The standard InChI is InChI=1S/C11H18INO2/c1-4-11(5-2)7-6-9(14)13(11)10(15)8(3)12/h8H,4-7H2,1-3H3. The molecule has 3 nitrogen and oxygen atoms in total. The van der Waals surface area contributed by atoms with Crippen molar-refractivity contribution in [1.82, 2.24) is 4.90 Å². The van der Waals surface area contributed by atoms with Crippen molar-refractivity contribution in [2.45, 2.75) is 55.9 Å². The molecule has 86 valence electrons. The molecule has 4 heteroatoms. The van der Waals surface area contributed by atoms with Gasteiger partial charge in [-0.05, 0) is 26.2 Å². The number of carbonyl (C=O) groups is 2. The molecule has 0 aromatic carbocycles. The Labute approximate surface area is 105 Å². The molecule has 1 saturated heterocycles. The van der Waals surface area contributed by atoms with Crippen LogP contribution in [0.1, 0.15) is 46.5 Å². The van der Waals surface area contributed by atoms with E-state index in [0.29, 0.717) is 6.42 Å². The maximum absolute atomic E-state index is 12.0. The zero-order chi connectivity index (χ0) is 11.6. The number of imide groups is 1. The van der Waals surface area contributed by atoms with Gasteiger partial charge in [0.15, 0.2) is 0 Å². The van der Waals surface area contributed by atoms with E-state index in [1.807, 2.05) is 6.92 Å². The molecule has 1 aliphatic rings. The average molecular weight is 323 g/mol. The average Bonchev–Trinajstić information content (AvgIpc) is 2.55. The zero-order valence-electron chi connectivity index (χ0n) is 9.55. The Morgan fingerprint density at radius 3 is 2.47 bits per heavy atom. The number of alkyl halides is 1. The van der Waals surface area contributed by atoms with Gasteiger partial charge in [-0.25, -0.2) is 0 Å². The van der Waals surface area contributed by atoms with Crippen LogP contribution in [0.3, 0.4) is 0 Å². The molecule has 1 rings (SSSR count). The molecule has 0 spiro atoms. The molecule has 2 amide bonds. The van der Waals surface area contributed by atoms with Crippen molar-refractivity contribution in [3.8, 4) is 0 Å². The Balaban J connectivity index is 3.00. The summed E-state index contributed by atoms with van der Waals surface area (Å²) >= 11 is 2.07. The molecule has 0 radical (unpaired) electrons. The minimum atomic E-state index is -0.201. The van der Waals surface area contributed by atoms with Crippen LogP contribution < -0.4 is 0 Å². The van der Waals surface area contributed by atoms with Gasteiger partial charge in [-0.3, -0.25) is 14.5 Å². The normalized spacial score (nSPS) is 21.9. The molecule has 15 heavy (non-hydrogen) atoms. The maximum atomic E-state index is 12.0. The third-order valence-corrected chi connectivity index (χ3v) is 3.94. The summed E-state index contributed by atoms with van der Waals surface area (Å²) in [5.41, 5.74) is -0.201. The number of amides is 2. The summed E-state index contributed by atoms with van der Waals surface area (Å²) in [6.07, 6.45) is 3.08. The lowest BCUT2D eigenvalue weighted by molar-refractivity contribution is -0.146. The largest absolute Gasteiger partial charge is 0.276 e. The first kappa shape index (κ1) is 12.9. The van der Waals surface area contributed by atoms with Crippen LogP contribution in [0.4, 0.5) is 0 Å². The van der Waals surface area contributed by atoms with Crippen molar-refractivity contribution in [2.24, 2.45) is 0 Å². The molecule has 0 aromatic heterocycles. The fourth-order valence-corrected chi connectivity index (χ4v) is 2.56. The molecule has 1 atom stereocenters. The lowest BCUT2D eigenvalue weighted by atomic mass is 9.90. The maximum Gasteiger partial charge on any atom is 0.242 e. The fourth-order valence-electron chi connectivity index (χ4n) is 2.28. The van der Waals surface area contributed by atoms with Gasteiger partial charge in [0.1, 0.15) is 0 Å². The van der Waals surface area contributed by atoms with Crippen LogP contribution >= 0.6 is 22.6 Å². The quantitative estimate of drug-likeness (QED) is 0.591. The summed E-state index contributed by atoms with van der Waals surface area (Å²) in [7, 11) is 0. The van der Waals surface area contributed by atoms with E-state index in [2.05, 4.69) is 36.4 Å². The highest BCUT2D eigenvalue weighted by atomic mass is 127. The first-order valence-corrected chi connectivity index (χ1v) is 6.74. The number of likely N-dealkylation sites (tertiary alicyclic amines) is 1. The van der Waals surface area contributed by atoms with Gasteiger partial charge < -0.3 is 0 Å². The smallest absolute Gasteiger partial charge is 0.242 e. The highest BCUT2D eigenvalue weighted by molar-refractivity contribution is 14.1. The Hall–Kier alpha value is -0.130. The summed E-state index contributed by atoms with van der Waals surface area (Å²) in [5.74, 6) is -0.0194. The van der Waals surface area contributed by atoms with Gasteiger partial charge in [-0.1, -0.05) is 36.4 Å². The molecule has 1 heterocycles. The Morgan fingerprint density at radius 2 is 2.07 bits per heavy atom. The summed E-state index contributed by atoms with van der Waals surface area (Å²) < 4.78 is -0.123. The first-order chi connectivity index (χ1) is 6.98. The van der Waals surface area contributed by atoms with E-state index in [-0.39, 0.29) is 21.3 Å². The molecular weight excluding hydrogens is 305 g/mol. The van der Waals surface area contributed by atoms with E-state index in [1.165, 1.54) is 4.90 Å². The number of hydrogen-bond acceptors (Lipinski definition) is 2. The molecule has 1 aliphatic heterocycles. The second-order valence-electron chi connectivity index (χ2n) is 4.11. The molecular formula is C11H18INO2. The third-order valence-electron chi connectivity index (χ3n) is 3.40. The van der Waals surface area contributed by atoms with Gasteiger partial charge in [-0.15, -0.1) is 0 Å². The van der Waals surface area contributed by atoms with Crippen molar-refractivity contribution in [1.29, 1.82) is 0 Å². The summed E-state index contributed by atoms with van der Waals surface area (Å²) in [4.78, 5) is 25.3. The van der Waals surface area contributed by atoms with Crippen LogP contribution in [0, 0.1) is 0 Å². The van der Waals surface area contributed by atoms with Gasteiger partial charge in [0.2, 0.25) is 11.8 Å². The van der Waals surface area contributed by atoms with E-state index in [9.17, 15) is 9.59 Å². The SMILES string of the molecule is CCC1(CC)CCC(=O)N1C(=O)C(C)I. The Kier molecular flexibility index (Phi) is 4.14. The van der Waals surface area contributed by atoms with Crippen LogP contribution in [0.25, 0.3) is 0 Å². The lowest BCUT2D eigenvalue weighted by Gasteiger charge is -2.36. The number of carbonyl (C=O) groups excluding carboxylic acids is 2. The van der Waals surface area contributed by atoms with Crippen LogP contribution in [0.15, 0.2) is 0 Å². The van der Waals surface area contributed by atoms with Crippen molar-refractivity contribution in [3.05, 3.63) is 0 Å². The summed E-state index contributed by atoms with van der Waals surface area (Å²) in [6.45, 7) is 5.95. The minimum absolute atomic E-state index is 0.00668.